The van der Waals surface area contributed by atoms with Crippen molar-refractivity contribution >= 4 is 5.91 Å². The maximum atomic E-state index is 12.2. The molecule has 5 heteroatoms. The molecule has 0 unspecified atom stereocenters. The van der Waals surface area contributed by atoms with E-state index in [0.29, 0.717) is 6.54 Å². The van der Waals surface area contributed by atoms with E-state index >= 15 is 0 Å². The Balaban J connectivity index is 2.10. The highest BCUT2D eigenvalue weighted by Gasteiger charge is 2.21. The molecule has 3 aromatic rings. The monoisotopic (exact) mass is 348 g/mol. The van der Waals surface area contributed by atoms with Crippen LogP contribution in [0.3, 0.4) is 0 Å². The van der Waals surface area contributed by atoms with Crippen molar-refractivity contribution in [3.63, 3.8) is 0 Å². The molecule has 26 heavy (non-hydrogen) atoms. The van der Waals surface area contributed by atoms with Gasteiger partial charge in [-0.15, -0.1) is 0 Å². The van der Waals surface area contributed by atoms with Crippen molar-refractivity contribution in [1.82, 2.24) is 9.88 Å². The van der Waals surface area contributed by atoms with Gasteiger partial charge in [-0.3, -0.25) is 9.59 Å². The van der Waals surface area contributed by atoms with E-state index in [1.165, 1.54) is 13.1 Å². The Morgan fingerprint density at radius 3 is 2.04 bits per heavy atom. The molecule has 132 valence electrons. The highest BCUT2D eigenvalue weighted by molar-refractivity contribution is 5.94. The Hall–Kier alpha value is -3.34. The maximum Gasteiger partial charge on any atom is 0.271 e. The molecule has 3 rings (SSSR count). The third kappa shape index (κ3) is 3.52. The summed E-state index contributed by atoms with van der Waals surface area (Å²) in [6.45, 7) is 0.407. The zero-order chi connectivity index (χ0) is 18.5. The van der Waals surface area contributed by atoms with E-state index in [0.717, 1.165) is 11.1 Å². The molecule has 0 aliphatic heterocycles. The number of aromatic hydroxyl groups is 1. The Labute approximate surface area is 151 Å². The predicted molar refractivity (Wildman–Crippen MR) is 100 cm³/mol. The molecular formula is C21H20N2O3. The van der Waals surface area contributed by atoms with Crippen LogP contribution >= 0.6 is 0 Å². The zero-order valence-electron chi connectivity index (χ0n) is 14.4. The molecule has 1 aromatic heterocycles. The molecule has 0 saturated carbocycles. The second kappa shape index (κ2) is 7.70. The van der Waals surface area contributed by atoms with E-state index in [1.54, 1.807) is 10.8 Å². The minimum absolute atomic E-state index is 0.0307. The van der Waals surface area contributed by atoms with E-state index in [1.807, 2.05) is 60.7 Å². The van der Waals surface area contributed by atoms with Gasteiger partial charge in [0.05, 0.1) is 0 Å². The SMILES string of the molecule is CNC(=O)c1c(O)c(=O)ccn1CC(c1ccccc1)c1ccccc1. The molecule has 1 heterocycles. The fourth-order valence-electron chi connectivity index (χ4n) is 3.04. The maximum absolute atomic E-state index is 12.2. The number of nitrogens with zero attached hydrogens (tertiary/aromatic N) is 1. The van der Waals surface area contributed by atoms with Crippen LogP contribution in [0, 0.1) is 0 Å². The molecule has 2 N–H and O–H groups in total. The normalized spacial score (nSPS) is 10.7. The molecule has 0 spiro atoms. The lowest BCUT2D eigenvalue weighted by Gasteiger charge is -2.22. The molecule has 0 aliphatic carbocycles. The van der Waals surface area contributed by atoms with Gasteiger partial charge in [-0.1, -0.05) is 60.7 Å². The smallest absolute Gasteiger partial charge is 0.271 e. The van der Waals surface area contributed by atoms with Crippen molar-refractivity contribution in [3.8, 4) is 5.75 Å². The van der Waals surface area contributed by atoms with Crippen LogP contribution in [0.5, 0.6) is 5.75 Å². The Morgan fingerprint density at radius 1 is 1.00 bits per heavy atom. The summed E-state index contributed by atoms with van der Waals surface area (Å²) < 4.78 is 1.63. The number of benzene rings is 2. The van der Waals surface area contributed by atoms with Gasteiger partial charge >= 0.3 is 0 Å². The van der Waals surface area contributed by atoms with Crippen molar-refractivity contribution < 1.29 is 9.90 Å². The molecule has 0 bridgehead atoms. The Bertz CT molecular complexity index is 910. The molecule has 0 fully saturated rings. The number of hydrogen-bond acceptors (Lipinski definition) is 3. The summed E-state index contributed by atoms with van der Waals surface area (Å²) in [6.07, 6.45) is 1.55. The van der Waals surface area contributed by atoms with Crippen LogP contribution in [-0.2, 0) is 6.54 Å². The third-order valence-corrected chi connectivity index (χ3v) is 4.38. The molecule has 5 nitrogen and oxygen atoms in total. The molecule has 0 saturated heterocycles. The van der Waals surface area contributed by atoms with E-state index in [2.05, 4.69) is 5.32 Å². The number of nitrogens with one attached hydrogen (secondary N) is 1. The summed E-state index contributed by atoms with van der Waals surface area (Å²) in [5.74, 6) is -1.07. The Morgan fingerprint density at radius 2 is 1.54 bits per heavy atom. The van der Waals surface area contributed by atoms with Crippen LogP contribution < -0.4 is 10.7 Å². The lowest BCUT2D eigenvalue weighted by molar-refractivity contribution is 0.0949. The number of carbonyl (C=O) groups is 1. The number of amides is 1. The van der Waals surface area contributed by atoms with Gasteiger partial charge in [-0.2, -0.15) is 0 Å². The summed E-state index contributed by atoms with van der Waals surface area (Å²) in [5, 5.41) is 12.6. The summed E-state index contributed by atoms with van der Waals surface area (Å²) in [6, 6.07) is 21.1. The fraction of sp³-hybridized carbons (Fsp3) is 0.143. The van der Waals surface area contributed by atoms with Crippen molar-refractivity contribution in [2.24, 2.45) is 0 Å². The van der Waals surface area contributed by atoms with Crippen LogP contribution in [0.15, 0.2) is 77.7 Å². The lowest BCUT2D eigenvalue weighted by atomic mass is 9.91. The van der Waals surface area contributed by atoms with Crippen LogP contribution in [0.2, 0.25) is 0 Å². The summed E-state index contributed by atoms with van der Waals surface area (Å²) >= 11 is 0. The summed E-state index contributed by atoms with van der Waals surface area (Å²) in [7, 11) is 1.47. The predicted octanol–water partition coefficient (Wildman–Crippen LogP) is 2.75. The number of aromatic nitrogens is 1. The van der Waals surface area contributed by atoms with Gasteiger partial charge in [0.25, 0.3) is 5.91 Å². The number of carbonyl (C=O) groups excluding carboxylic acids is 1. The fourth-order valence-corrected chi connectivity index (χ4v) is 3.04. The van der Waals surface area contributed by atoms with Gasteiger partial charge in [0.1, 0.15) is 0 Å². The Kier molecular flexibility index (Phi) is 5.17. The quantitative estimate of drug-likeness (QED) is 0.745. The van der Waals surface area contributed by atoms with Gasteiger partial charge in [-0.25, -0.2) is 0 Å². The van der Waals surface area contributed by atoms with Crippen molar-refractivity contribution in [3.05, 3.63) is 100.0 Å². The molecule has 0 atom stereocenters. The molecule has 0 radical (unpaired) electrons. The molecule has 2 aromatic carbocycles. The van der Waals surface area contributed by atoms with E-state index in [9.17, 15) is 14.7 Å². The van der Waals surface area contributed by atoms with Gasteiger partial charge in [0, 0.05) is 31.8 Å². The second-order valence-electron chi connectivity index (χ2n) is 5.98. The van der Waals surface area contributed by atoms with Gasteiger partial charge in [-0.05, 0) is 11.1 Å². The average molecular weight is 348 g/mol. The van der Waals surface area contributed by atoms with Crippen LogP contribution in [0.25, 0.3) is 0 Å². The molecule has 0 aliphatic rings. The van der Waals surface area contributed by atoms with E-state index in [-0.39, 0.29) is 11.6 Å². The summed E-state index contributed by atoms with van der Waals surface area (Å²) in [4.78, 5) is 24.0. The van der Waals surface area contributed by atoms with Crippen LogP contribution in [-0.4, -0.2) is 22.6 Å². The van der Waals surface area contributed by atoms with Crippen molar-refractivity contribution in [2.75, 3.05) is 7.05 Å². The van der Waals surface area contributed by atoms with Gasteiger partial charge in [0.15, 0.2) is 11.4 Å². The number of pyridine rings is 1. The van der Waals surface area contributed by atoms with Gasteiger partial charge in [0.2, 0.25) is 5.43 Å². The van der Waals surface area contributed by atoms with Crippen molar-refractivity contribution in [2.45, 2.75) is 12.5 Å². The first-order valence-corrected chi connectivity index (χ1v) is 8.36. The molecular weight excluding hydrogens is 328 g/mol. The topological polar surface area (TPSA) is 71.3 Å². The van der Waals surface area contributed by atoms with Crippen LogP contribution in [0.4, 0.5) is 0 Å². The first-order chi connectivity index (χ1) is 12.6. The standard InChI is InChI=1S/C21H20N2O3/c1-22-21(26)19-20(25)18(24)12-13-23(19)14-17(15-8-4-2-5-9-15)16-10-6-3-7-11-16/h2-13,17,25H,14H2,1H3,(H,22,26). The number of hydrogen-bond donors (Lipinski definition) is 2. The van der Waals surface area contributed by atoms with Gasteiger partial charge < -0.3 is 15.0 Å². The van der Waals surface area contributed by atoms with Crippen LogP contribution in [0.1, 0.15) is 27.5 Å². The largest absolute Gasteiger partial charge is 0.503 e. The number of rotatable bonds is 5. The van der Waals surface area contributed by atoms with Crippen molar-refractivity contribution in [1.29, 1.82) is 0 Å². The third-order valence-electron chi connectivity index (χ3n) is 4.38. The zero-order valence-corrected chi connectivity index (χ0v) is 14.4. The van der Waals surface area contributed by atoms with E-state index in [4.69, 9.17) is 0 Å². The highest BCUT2D eigenvalue weighted by Crippen LogP contribution is 2.27. The second-order valence-corrected chi connectivity index (χ2v) is 5.98. The minimum atomic E-state index is -0.573. The minimum Gasteiger partial charge on any atom is -0.503 e. The highest BCUT2D eigenvalue weighted by atomic mass is 16.3. The van der Waals surface area contributed by atoms with E-state index < -0.39 is 17.1 Å². The first kappa shape index (κ1) is 17.5. The molecule has 1 amide bonds. The average Bonchev–Trinajstić information content (AvgIpc) is 2.69. The summed E-state index contributed by atoms with van der Waals surface area (Å²) in [5.41, 5.74) is 1.56. The first-order valence-electron chi connectivity index (χ1n) is 8.36. The lowest BCUT2D eigenvalue weighted by Crippen LogP contribution is -2.27.